The molecule has 3 N–H and O–H groups in total. The number of rotatable bonds is 67. The van der Waals surface area contributed by atoms with Crippen molar-refractivity contribution in [2.45, 2.75) is 405 Å². The molecule has 6 nitrogen and oxygen atoms in total. The van der Waals surface area contributed by atoms with E-state index in [1.165, 1.54) is 321 Å². The van der Waals surface area contributed by atoms with Gasteiger partial charge in [-0.15, -0.1) is 0 Å². The number of allylic oxidation sites excluding steroid dienone is 5. The molecule has 0 saturated heterocycles. The molecule has 466 valence electrons. The minimum Gasteiger partial charge on any atom is -0.466 e. The molecule has 0 rings (SSSR count). The third-order valence-corrected chi connectivity index (χ3v) is 16.6. The monoisotopic (exact) mass is 1110 g/mol. The average Bonchev–Trinajstić information content (AvgIpc) is 3.45. The summed E-state index contributed by atoms with van der Waals surface area (Å²) < 4.78 is 5.50. The van der Waals surface area contributed by atoms with E-state index < -0.39 is 12.1 Å². The normalized spacial score (nSPS) is 12.7. The summed E-state index contributed by atoms with van der Waals surface area (Å²) in [5.41, 5.74) is 0. The van der Waals surface area contributed by atoms with E-state index in [0.717, 1.165) is 44.9 Å². The zero-order valence-electron chi connectivity index (χ0n) is 53.4. The quantitative estimate of drug-likeness (QED) is 0.0320. The van der Waals surface area contributed by atoms with Crippen molar-refractivity contribution in [1.82, 2.24) is 5.32 Å². The van der Waals surface area contributed by atoms with Gasteiger partial charge in [-0.3, -0.25) is 9.59 Å². The van der Waals surface area contributed by atoms with Crippen molar-refractivity contribution in [3.63, 3.8) is 0 Å². The number of hydrogen-bond acceptors (Lipinski definition) is 5. The van der Waals surface area contributed by atoms with Gasteiger partial charge in [0.05, 0.1) is 25.4 Å². The number of nitrogens with one attached hydrogen (secondary N) is 1. The van der Waals surface area contributed by atoms with Crippen molar-refractivity contribution in [1.29, 1.82) is 0 Å². The number of hydrogen-bond donors (Lipinski definition) is 3. The third kappa shape index (κ3) is 65.1. The number of aliphatic hydroxyl groups is 2. The molecule has 0 radical (unpaired) electrons. The standard InChI is InChI=1S/C73H139NO5/c1-3-5-7-9-11-13-15-17-19-35-39-43-47-51-55-59-63-67-73(78)79-68-64-60-56-52-48-44-40-37-34-32-30-28-26-24-22-20-21-23-25-27-29-31-33-36-38-42-46-50-54-58-62-66-72(77)74-70(69-75)71(76)65-61-57-53-49-45-41-18-16-14-12-10-8-6-4-2/h17,19,22,24,61,65,70-71,75-76H,3-16,18,20-21,23,25-60,62-64,66-69H2,1-2H3,(H,74,77)/b19-17-,24-22-,65-61+. The summed E-state index contributed by atoms with van der Waals surface area (Å²) in [6.07, 6.45) is 88.0. The van der Waals surface area contributed by atoms with Gasteiger partial charge in [0, 0.05) is 12.8 Å². The van der Waals surface area contributed by atoms with Gasteiger partial charge in [0.15, 0.2) is 0 Å². The first kappa shape index (κ1) is 77.1. The van der Waals surface area contributed by atoms with Gasteiger partial charge in [-0.25, -0.2) is 0 Å². The van der Waals surface area contributed by atoms with E-state index in [4.69, 9.17) is 4.74 Å². The van der Waals surface area contributed by atoms with E-state index in [9.17, 15) is 19.8 Å². The number of aliphatic hydroxyl groups excluding tert-OH is 2. The molecule has 2 atom stereocenters. The van der Waals surface area contributed by atoms with Gasteiger partial charge in [-0.2, -0.15) is 0 Å². The minimum absolute atomic E-state index is 0.0144. The van der Waals surface area contributed by atoms with Gasteiger partial charge in [0.1, 0.15) is 0 Å². The maximum atomic E-state index is 12.5. The molecule has 0 aromatic rings. The molecule has 0 bridgehead atoms. The van der Waals surface area contributed by atoms with Gasteiger partial charge >= 0.3 is 5.97 Å². The first-order valence-electron chi connectivity index (χ1n) is 35.8. The lowest BCUT2D eigenvalue weighted by Crippen LogP contribution is -2.45. The molecule has 0 aromatic carbocycles. The topological polar surface area (TPSA) is 95.9 Å². The molecule has 2 unspecified atom stereocenters. The molecule has 0 spiro atoms. The zero-order valence-corrected chi connectivity index (χ0v) is 53.4. The molecule has 0 aromatic heterocycles. The third-order valence-electron chi connectivity index (χ3n) is 16.6. The van der Waals surface area contributed by atoms with Crippen LogP contribution in [-0.2, 0) is 14.3 Å². The second kappa shape index (κ2) is 68.6. The molecule has 0 fully saturated rings. The molecular weight excluding hydrogens is 971 g/mol. The lowest BCUT2D eigenvalue weighted by atomic mass is 10.0. The Kier molecular flexibility index (Phi) is 66.9. The van der Waals surface area contributed by atoms with E-state index in [2.05, 4.69) is 43.5 Å². The van der Waals surface area contributed by atoms with Gasteiger partial charge in [0.2, 0.25) is 5.91 Å². The Balaban J connectivity index is 3.36. The van der Waals surface area contributed by atoms with E-state index in [1.54, 1.807) is 6.08 Å². The second-order valence-electron chi connectivity index (χ2n) is 24.6. The van der Waals surface area contributed by atoms with Crippen molar-refractivity contribution < 1.29 is 24.5 Å². The Bertz CT molecular complexity index is 1280. The Morgan fingerprint density at radius 3 is 0.899 bits per heavy atom. The van der Waals surface area contributed by atoms with Crippen LogP contribution in [0.25, 0.3) is 0 Å². The van der Waals surface area contributed by atoms with Crippen molar-refractivity contribution in [2.24, 2.45) is 0 Å². The second-order valence-corrected chi connectivity index (χ2v) is 24.6. The number of amides is 1. The van der Waals surface area contributed by atoms with Crippen LogP contribution in [0.2, 0.25) is 0 Å². The average molecular weight is 1110 g/mol. The highest BCUT2D eigenvalue weighted by Gasteiger charge is 2.18. The predicted molar refractivity (Wildman–Crippen MR) is 347 cm³/mol. The van der Waals surface area contributed by atoms with Crippen LogP contribution < -0.4 is 5.32 Å². The lowest BCUT2D eigenvalue weighted by Gasteiger charge is -2.20. The Labute approximate surface area is 494 Å². The molecule has 0 aliphatic heterocycles. The van der Waals surface area contributed by atoms with E-state index in [0.29, 0.717) is 19.4 Å². The fourth-order valence-corrected chi connectivity index (χ4v) is 11.2. The molecule has 1 amide bonds. The first-order chi connectivity index (χ1) is 39.0. The summed E-state index contributed by atoms with van der Waals surface area (Å²) in [5.74, 6) is -0.0498. The summed E-state index contributed by atoms with van der Waals surface area (Å²) in [7, 11) is 0. The van der Waals surface area contributed by atoms with Gasteiger partial charge in [0.25, 0.3) is 0 Å². The van der Waals surface area contributed by atoms with Crippen LogP contribution in [0.5, 0.6) is 0 Å². The fourth-order valence-electron chi connectivity index (χ4n) is 11.2. The van der Waals surface area contributed by atoms with Gasteiger partial charge in [-0.1, -0.05) is 333 Å². The summed E-state index contributed by atoms with van der Waals surface area (Å²) >= 11 is 0. The molecule has 0 aliphatic rings. The summed E-state index contributed by atoms with van der Waals surface area (Å²) in [5, 5.41) is 23.1. The van der Waals surface area contributed by atoms with Gasteiger partial charge in [-0.05, 0) is 83.5 Å². The SMILES string of the molecule is CCCCCCCC/C=C\CCCCCCCCCC(=O)OCCCCCCCCCCCCCC/C=C\CCCCCCCCCCCCCCCCCC(=O)NC(CO)C(O)/C=C/CCCCCCCCCCCCCC. The largest absolute Gasteiger partial charge is 0.466 e. The number of carbonyl (C=O) groups excluding carboxylic acids is 2. The summed E-state index contributed by atoms with van der Waals surface area (Å²) in [6.45, 7) is 4.92. The van der Waals surface area contributed by atoms with Crippen molar-refractivity contribution in [3.8, 4) is 0 Å². The highest BCUT2D eigenvalue weighted by molar-refractivity contribution is 5.76. The number of unbranched alkanes of at least 4 members (excludes halogenated alkanes) is 52. The van der Waals surface area contributed by atoms with E-state index >= 15 is 0 Å². The lowest BCUT2D eigenvalue weighted by molar-refractivity contribution is -0.143. The molecule has 0 aliphatic carbocycles. The predicted octanol–water partition coefficient (Wildman–Crippen LogP) is 23.1. The molecule has 6 heteroatoms. The smallest absolute Gasteiger partial charge is 0.305 e. The van der Waals surface area contributed by atoms with E-state index in [-0.39, 0.29) is 18.5 Å². The Morgan fingerprint density at radius 2 is 0.595 bits per heavy atom. The van der Waals surface area contributed by atoms with Crippen molar-refractivity contribution >= 4 is 11.9 Å². The maximum Gasteiger partial charge on any atom is 0.305 e. The highest BCUT2D eigenvalue weighted by atomic mass is 16.5. The van der Waals surface area contributed by atoms with Crippen LogP contribution in [0.4, 0.5) is 0 Å². The zero-order chi connectivity index (χ0) is 57.1. The highest BCUT2D eigenvalue weighted by Crippen LogP contribution is 2.18. The van der Waals surface area contributed by atoms with Crippen LogP contribution in [0, 0.1) is 0 Å². The number of esters is 1. The fraction of sp³-hybridized carbons (Fsp3) is 0.890. The van der Waals surface area contributed by atoms with Crippen LogP contribution in [0.3, 0.4) is 0 Å². The first-order valence-corrected chi connectivity index (χ1v) is 35.8. The molecule has 0 saturated carbocycles. The maximum absolute atomic E-state index is 12.5. The molecule has 79 heavy (non-hydrogen) atoms. The summed E-state index contributed by atoms with van der Waals surface area (Å²) in [4.78, 5) is 24.6. The van der Waals surface area contributed by atoms with Crippen LogP contribution >= 0.6 is 0 Å². The number of ether oxygens (including phenoxy) is 1. The Morgan fingerprint density at radius 1 is 0.342 bits per heavy atom. The molecular formula is C73H139NO5. The Hall–Kier alpha value is -1.92. The number of carbonyl (C=O) groups is 2. The van der Waals surface area contributed by atoms with Crippen LogP contribution in [0.15, 0.2) is 36.5 Å². The van der Waals surface area contributed by atoms with Crippen molar-refractivity contribution in [3.05, 3.63) is 36.5 Å². The summed E-state index contributed by atoms with van der Waals surface area (Å²) in [6, 6.07) is -0.626. The van der Waals surface area contributed by atoms with Crippen molar-refractivity contribution in [2.75, 3.05) is 13.2 Å². The molecule has 0 heterocycles. The van der Waals surface area contributed by atoms with Crippen LogP contribution in [0.1, 0.15) is 393 Å². The van der Waals surface area contributed by atoms with Crippen LogP contribution in [-0.4, -0.2) is 47.4 Å². The minimum atomic E-state index is -0.843. The van der Waals surface area contributed by atoms with E-state index in [1.807, 2.05) is 6.08 Å². The van der Waals surface area contributed by atoms with Gasteiger partial charge < -0.3 is 20.3 Å².